The monoisotopic (exact) mass is 379 g/mol. The lowest BCUT2D eigenvalue weighted by Crippen LogP contribution is -2.65. The van der Waals surface area contributed by atoms with E-state index in [0.29, 0.717) is 18.3 Å². The van der Waals surface area contributed by atoms with E-state index >= 15 is 0 Å². The minimum atomic E-state index is -0.499. The average molecular weight is 380 g/mol. The van der Waals surface area contributed by atoms with Crippen molar-refractivity contribution in [1.82, 2.24) is 14.9 Å². The molecule has 4 bridgehead atoms. The number of carbonyl (C=O) groups excluding carboxylic acids is 1. The van der Waals surface area contributed by atoms with Crippen molar-refractivity contribution in [1.29, 1.82) is 0 Å². The van der Waals surface area contributed by atoms with Gasteiger partial charge in [0.25, 0.3) is 0 Å². The molecule has 5 heteroatoms. The van der Waals surface area contributed by atoms with Gasteiger partial charge in [-0.2, -0.15) is 0 Å². The first-order chi connectivity index (χ1) is 13.5. The van der Waals surface area contributed by atoms with Gasteiger partial charge in [0.05, 0.1) is 5.60 Å². The number of rotatable bonds is 4. The molecule has 2 saturated heterocycles. The molecule has 2 aliphatic heterocycles. The van der Waals surface area contributed by atoms with Crippen LogP contribution in [0.3, 0.4) is 0 Å². The average Bonchev–Trinajstić information content (AvgIpc) is 3.37. The SMILES string of the molecule is CC(CC(=O)N1C2CC3CC1CC(O)(C3)C2)c1c[nH]c2nccc(C3CC3)c12. The fraction of sp³-hybridized carbons (Fsp3) is 0.652. The van der Waals surface area contributed by atoms with Crippen LogP contribution in [0.15, 0.2) is 18.5 Å². The molecule has 3 saturated carbocycles. The van der Waals surface area contributed by atoms with Crippen molar-refractivity contribution in [2.45, 2.75) is 87.8 Å². The van der Waals surface area contributed by atoms with Crippen molar-refractivity contribution >= 4 is 16.9 Å². The normalized spacial score (nSPS) is 34.9. The third-order valence-electron chi connectivity index (χ3n) is 7.85. The minimum absolute atomic E-state index is 0.170. The summed E-state index contributed by atoms with van der Waals surface area (Å²) in [4.78, 5) is 23.3. The molecular weight excluding hydrogens is 350 g/mol. The van der Waals surface area contributed by atoms with Crippen LogP contribution in [-0.4, -0.2) is 43.6 Å². The zero-order chi connectivity index (χ0) is 19.0. The van der Waals surface area contributed by atoms with Crippen LogP contribution in [0, 0.1) is 5.92 Å². The van der Waals surface area contributed by atoms with E-state index in [0.717, 1.165) is 37.8 Å². The number of amides is 1. The molecule has 3 aliphatic carbocycles. The largest absolute Gasteiger partial charge is 0.390 e. The lowest BCUT2D eigenvalue weighted by molar-refractivity contribution is -0.174. The van der Waals surface area contributed by atoms with E-state index in [4.69, 9.17) is 0 Å². The first-order valence-electron chi connectivity index (χ1n) is 11.0. The Hall–Kier alpha value is -1.88. The first kappa shape index (κ1) is 17.0. The number of aromatic amines is 1. The zero-order valence-corrected chi connectivity index (χ0v) is 16.5. The Labute approximate surface area is 165 Å². The number of H-pyrrole nitrogens is 1. The highest BCUT2D eigenvalue weighted by molar-refractivity contribution is 5.86. The molecule has 2 aromatic heterocycles. The molecule has 3 unspecified atom stereocenters. The molecule has 148 valence electrons. The smallest absolute Gasteiger partial charge is 0.223 e. The molecule has 28 heavy (non-hydrogen) atoms. The van der Waals surface area contributed by atoms with Crippen LogP contribution in [0.25, 0.3) is 11.0 Å². The number of nitrogens with one attached hydrogen (secondary N) is 1. The topological polar surface area (TPSA) is 69.2 Å². The van der Waals surface area contributed by atoms with Gasteiger partial charge in [0, 0.05) is 36.3 Å². The first-order valence-corrected chi connectivity index (χ1v) is 11.0. The molecule has 7 rings (SSSR count). The number of aromatic nitrogens is 2. The Bertz CT molecular complexity index is 930. The van der Waals surface area contributed by atoms with Gasteiger partial charge in [-0.3, -0.25) is 4.79 Å². The van der Waals surface area contributed by atoms with Crippen molar-refractivity contribution in [2.75, 3.05) is 0 Å². The van der Waals surface area contributed by atoms with Gasteiger partial charge in [0.2, 0.25) is 5.91 Å². The molecule has 0 aromatic carbocycles. The summed E-state index contributed by atoms with van der Waals surface area (Å²) in [5.74, 6) is 1.72. The van der Waals surface area contributed by atoms with Gasteiger partial charge in [0.15, 0.2) is 0 Å². The second kappa shape index (κ2) is 5.82. The quantitative estimate of drug-likeness (QED) is 0.848. The predicted octanol–water partition coefficient (Wildman–Crippen LogP) is 3.84. The fourth-order valence-electron chi connectivity index (χ4n) is 6.70. The zero-order valence-electron chi connectivity index (χ0n) is 16.5. The van der Waals surface area contributed by atoms with Crippen LogP contribution in [0.5, 0.6) is 0 Å². The van der Waals surface area contributed by atoms with E-state index < -0.39 is 5.60 Å². The highest BCUT2D eigenvalue weighted by atomic mass is 16.3. The third kappa shape index (κ3) is 2.55. The maximum absolute atomic E-state index is 13.3. The molecule has 0 spiro atoms. The van der Waals surface area contributed by atoms with Crippen LogP contribution >= 0.6 is 0 Å². The second-order valence-corrected chi connectivity index (χ2v) is 10.0. The number of carbonyl (C=O) groups is 1. The molecular formula is C23H29N3O2. The highest BCUT2D eigenvalue weighted by Crippen LogP contribution is 2.52. The maximum Gasteiger partial charge on any atom is 0.223 e. The lowest BCUT2D eigenvalue weighted by Gasteiger charge is -2.59. The number of fused-ring (bicyclic) bond motifs is 1. The van der Waals surface area contributed by atoms with E-state index in [-0.39, 0.29) is 23.9 Å². The number of pyridine rings is 1. The Balaban J connectivity index is 1.25. The molecule has 0 radical (unpaired) electrons. The van der Waals surface area contributed by atoms with Crippen LogP contribution in [0.4, 0.5) is 0 Å². The van der Waals surface area contributed by atoms with Crippen molar-refractivity contribution < 1.29 is 9.90 Å². The van der Waals surface area contributed by atoms with Gasteiger partial charge in [-0.25, -0.2) is 4.98 Å². The minimum Gasteiger partial charge on any atom is -0.390 e. The standard InChI is InChI=1S/C23H29N3O2/c1-13(19-12-25-22-21(19)18(4-5-24-22)15-2-3-15)6-20(27)26-16-7-14-8-17(26)11-23(28,9-14)10-16/h4-5,12-17,28H,2-3,6-11H2,1H3,(H,24,25). The molecule has 2 aromatic rings. The van der Waals surface area contributed by atoms with Gasteiger partial charge in [-0.1, -0.05) is 6.92 Å². The molecule has 2 N–H and O–H groups in total. The van der Waals surface area contributed by atoms with Gasteiger partial charge in [-0.15, -0.1) is 0 Å². The van der Waals surface area contributed by atoms with Gasteiger partial charge >= 0.3 is 0 Å². The summed E-state index contributed by atoms with van der Waals surface area (Å²) in [7, 11) is 0. The number of piperidine rings is 2. The summed E-state index contributed by atoms with van der Waals surface area (Å²) >= 11 is 0. The van der Waals surface area contributed by atoms with E-state index in [9.17, 15) is 9.90 Å². The Morgan fingerprint density at radius 3 is 2.75 bits per heavy atom. The summed E-state index contributed by atoms with van der Waals surface area (Å²) in [6.45, 7) is 2.18. The summed E-state index contributed by atoms with van der Waals surface area (Å²) in [6.07, 6.45) is 11.7. The summed E-state index contributed by atoms with van der Waals surface area (Å²) in [5, 5.41) is 12.0. The van der Waals surface area contributed by atoms with Gasteiger partial charge in [0.1, 0.15) is 5.65 Å². The number of hydrogen-bond donors (Lipinski definition) is 2. The Kier molecular flexibility index (Phi) is 3.54. The number of hydrogen-bond acceptors (Lipinski definition) is 3. The molecule has 5 aliphatic rings. The fourth-order valence-corrected chi connectivity index (χ4v) is 6.70. The Morgan fingerprint density at radius 1 is 1.32 bits per heavy atom. The van der Waals surface area contributed by atoms with E-state index in [1.54, 1.807) is 0 Å². The third-order valence-corrected chi connectivity index (χ3v) is 7.85. The predicted molar refractivity (Wildman–Crippen MR) is 107 cm³/mol. The summed E-state index contributed by atoms with van der Waals surface area (Å²) in [5.41, 5.74) is 3.09. The van der Waals surface area contributed by atoms with E-state index in [1.807, 2.05) is 6.20 Å². The van der Waals surface area contributed by atoms with Crippen LogP contribution in [0.1, 0.15) is 81.3 Å². The van der Waals surface area contributed by atoms with E-state index in [1.165, 1.54) is 29.4 Å². The molecule has 4 heterocycles. The summed E-state index contributed by atoms with van der Waals surface area (Å²) < 4.78 is 0. The van der Waals surface area contributed by atoms with Crippen molar-refractivity contribution in [3.63, 3.8) is 0 Å². The number of nitrogens with zero attached hydrogens (tertiary/aromatic N) is 2. The number of aliphatic hydroxyl groups is 1. The molecule has 5 fully saturated rings. The maximum atomic E-state index is 13.3. The Morgan fingerprint density at radius 2 is 2.07 bits per heavy atom. The van der Waals surface area contributed by atoms with Crippen molar-refractivity contribution in [2.24, 2.45) is 5.92 Å². The van der Waals surface area contributed by atoms with E-state index in [2.05, 4.69) is 34.1 Å². The molecule has 1 amide bonds. The highest BCUT2D eigenvalue weighted by Gasteiger charge is 2.54. The molecule has 5 nitrogen and oxygen atoms in total. The second-order valence-electron chi connectivity index (χ2n) is 10.0. The lowest BCUT2D eigenvalue weighted by atomic mass is 9.61. The van der Waals surface area contributed by atoms with Gasteiger partial charge < -0.3 is 15.0 Å². The summed E-state index contributed by atoms with van der Waals surface area (Å²) in [6, 6.07) is 2.67. The van der Waals surface area contributed by atoms with Crippen LogP contribution < -0.4 is 0 Å². The molecule has 3 atom stereocenters. The van der Waals surface area contributed by atoms with Crippen molar-refractivity contribution in [3.05, 3.63) is 29.6 Å². The van der Waals surface area contributed by atoms with Crippen LogP contribution in [-0.2, 0) is 4.79 Å². The van der Waals surface area contributed by atoms with Gasteiger partial charge in [-0.05, 0) is 79.9 Å². The van der Waals surface area contributed by atoms with Crippen molar-refractivity contribution in [3.8, 4) is 0 Å². The van der Waals surface area contributed by atoms with Crippen LogP contribution in [0.2, 0.25) is 0 Å².